The molecule has 0 spiro atoms. The lowest BCUT2D eigenvalue weighted by Crippen LogP contribution is -2.32. The summed E-state index contributed by atoms with van der Waals surface area (Å²) in [5.74, 6) is -0.350. The van der Waals surface area contributed by atoms with Gasteiger partial charge < -0.3 is 11.1 Å². The topological polar surface area (TPSA) is 98.3 Å². The predicted molar refractivity (Wildman–Crippen MR) is 72.2 cm³/mol. The van der Waals surface area contributed by atoms with E-state index in [4.69, 9.17) is 17.3 Å². The normalized spacial score (nSPS) is 15.4. The van der Waals surface area contributed by atoms with E-state index in [-0.39, 0.29) is 33.9 Å². The van der Waals surface area contributed by atoms with Crippen molar-refractivity contribution in [3.8, 4) is 0 Å². The van der Waals surface area contributed by atoms with Gasteiger partial charge in [-0.2, -0.15) is 0 Å². The number of halogens is 1. The first-order valence-corrected chi connectivity index (χ1v) is 6.41. The lowest BCUT2D eigenvalue weighted by atomic mass is 10.1. The fourth-order valence-corrected chi connectivity index (χ4v) is 2.44. The Morgan fingerprint density at radius 3 is 2.63 bits per heavy atom. The zero-order valence-corrected chi connectivity index (χ0v) is 10.9. The number of nitro groups is 1. The molecule has 1 saturated carbocycles. The number of rotatable bonds is 3. The number of carbonyl (C=O) groups excluding carboxylic acids is 1. The van der Waals surface area contributed by atoms with E-state index in [0.717, 1.165) is 31.7 Å². The van der Waals surface area contributed by atoms with Gasteiger partial charge in [-0.15, -0.1) is 0 Å². The molecule has 1 aliphatic carbocycles. The molecule has 0 atom stereocenters. The highest BCUT2D eigenvalue weighted by atomic mass is 35.5. The first-order chi connectivity index (χ1) is 8.99. The average molecular weight is 284 g/mol. The van der Waals surface area contributed by atoms with Crippen LogP contribution >= 0.6 is 11.6 Å². The van der Waals surface area contributed by atoms with Crippen molar-refractivity contribution in [3.05, 3.63) is 32.8 Å². The molecule has 1 aromatic rings. The van der Waals surface area contributed by atoms with E-state index in [9.17, 15) is 14.9 Å². The van der Waals surface area contributed by atoms with Crippen LogP contribution in [0.4, 0.5) is 11.4 Å². The minimum absolute atomic E-state index is 0.0192. The summed E-state index contributed by atoms with van der Waals surface area (Å²) in [6.07, 6.45) is 4.06. The van der Waals surface area contributed by atoms with Crippen LogP contribution in [0.1, 0.15) is 36.0 Å². The second-order valence-electron chi connectivity index (χ2n) is 4.60. The Labute approximate surface area is 115 Å². The largest absolute Gasteiger partial charge is 0.392 e. The molecular formula is C12H14ClN3O3. The number of nitrogens with two attached hydrogens (primary N) is 1. The third-order valence-electron chi connectivity index (χ3n) is 3.26. The highest BCUT2D eigenvalue weighted by molar-refractivity contribution is 6.34. The van der Waals surface area contributed by atoms with Gasteiger partial charge in [0.1, 0.15) is 5.69 Å². The summed E-state index contributed by atoms with van der Waals surface area (Å²) < 4.78 is 0. The number of amides is 1. The van der Waals surface area contributed by atoms with Crippen molar-refractivity contribution in [1.29, 1.82) is 0 Å². The van der Waals surface area contributed by atoms with Crippen LogP contribution in [-0.2, 0) is 0 Å². The monoisotopic (exact) mass is 283 g/mol. The summed E-state index contributed by atoms with van der Waals surface area (Å²) in [6, 6.07) is 2.66. The third-order valence-corrected chi connectivity index (χ3v) is 3.57. The molecule has 0 aromatic heterocycles. The highest BCUT2D eigenvalue weighted by Crippen LogP contribution is 2.31. The van der Waals surface area contributed by atoms with E-state index < -0.39 is 4.92 Å². The number of hydrogen-bond acceptors (Lipinski definition) is 4. The summed E-state index contributed by atoms with van der Waals surface area (Å²) in [5.41, 5.74) is 5.21. The molecule has 0 aliphatic heterocycles. The molecule has 1 aromatic carbocycles. The second-order valence-corrected chi connectivity index (χ2v) is 5.01. The Balaban J connectivity index is 2.24. The third kappa shape index (κ3) is 2.96. The van der Waals surface area contributed by atoms with Crippen LogP contribution in [0.15, 0.2) is 12.1 Å². The van der Waals surface area contributed by atoms with Gasteiger partial charge in [0.05, 0.1) is 9.95 Å². The highest BCUT2D eigenvalue weighted by Gasteiger charge is 2.22. The molecule has 6 nitrogen and oxygen atoms in total. The molecule has 7 heteroatoms. The number of benzene rings is 1. The molecule has 0 heterocycles. The fraction of sp³-hybridized carbons (Fsp3) is 0.417. The van der Waals surface area contributed by atoms with Crippen LogP contribution in [0.3, 0.4) is 0 Å². The van der Waals surface area contributed by atoms with E-state index in [1.807, 2.05) is 0 Å². The Morgan fingerprint density at radius 1 is 1.42 bits per heavy atom. The smallest absolute Gasteiger partial charge is 0.294 e. The maximum absolute atomic E-state index is 12.0. The first-order valence-electron chi connectivity index (χ1n) is 6.03. The lowest BCUT2D eigenvalue weighted by molar-refractivity contribution is -0.383. The fourth-order valence-electron chi connectivity index (χ4n) is 2.22. The number of anilines is 1. The Hall–Kier alpha value is -1.82. The van der Waals surface area contributed by atoms with E-state index >= 15 is 0 Å². The molecule has 19 heavy (non-hydrogen) atoms. The quantitative estimate of drug-likeness (QED) is 0.506. The molecule has 0 unspecified atom stereocenters. The molecule has 0 radical (unpaired) electrons. The first kappa shape index (κ1) is 13.6. The van der Waals surface area contributed by atoms with Crippen LogP contribution < -0.4 is 11.1 Å². The number of nitrogen functional groups attached to an aromatic ring is 1. The summed E-state index contributed by atoms with van der Waals surface area (Å²) in [4.78, 5) is 22.2. The summed E-state index contributed by atoms with van der Waals surface area (Å²) >= 11 is 5.81. The minimum Gasteiger partial charge on any atom is -0.392 e. The van der Waals surface area contributed by atoms with Gasteiger partial charge in [0.2, 0.25) is 0 Å². The number of carbonyl (C=O) groups is 1. The van der Waals surface area contributed by atoms with Gasteiger partial charge in [0.25, 0.3) is 11.6 Å². The van der Waals surface area contributed by atoms with E-state index in [1.165, 1.54) is 6.07 Å². The van der Waals surface area contributed by atoms with E-state index in [1.54, 1.807) is 0 Å². The van der Waals surface area contributed by atoms with Crippen LogP contribution in [-0.4, -0.2) is 16.9 Å². The van der Waals surface area contributed by atoms with Gasteiger partial charge in [-0.25, -0.2) is 0 Å². The zero-order valence-electron chi connectivity index (χ0n) is 10.2. The molecular weight excluding hydrogens is 270 g/mol. The standard InChI is InChI=1S/C12H14ClN3O3/c13-9-5-7(6-10(11(9)14)16(18)19)12(17)15-8-3-1-2-4-8/h5-6,8H,1-4,14H2,(H,15,17). The molecule has 2 rings (SSSR count). The molecule has 0 bridgehead atoms. The summed E-state index contributed by atoms with van der Waals surface area (Å²) in [5, 5.41) is 13.7. The van der Waals surface area contributed by atoms with Crippen molar-refractivity contribution in [2.75, 3.05) is 5.73 Å². The van der Waals surface area contributed by atoms with Crippen LogP contribution in [0.5, 0.6) is 0 Å². The SMILES string of the molecule is Nc1c(Cl)cc(C(=O)NC2CCCC2)cc1[N+](=O)[O-]. The summed E-state index contributed by atoms with van der Waals surface area (Å²) in [6.45, 7) is 0. The van der Waals surface area contributed by atoms with Gasteiger partial charge in [-0.3, -0.25) is 14.9 Å². The van der Waals surface area contributed by atoms with E-state index in [2.05, 4.69) is 5.32 Å². The molecule has 1 amide bonds. The molecule has 0 saturated heterocycles. The van der Waals surface area contributed by atoms with Gasteiger partial charge in [-0.1, -0.05) is 24.4 Å². The molecule has 1 fully saturated rings. The maximum Gasteiger partial charge on any atom is 0.294 e. The van der Waals surface area contributed by atoms with Crippen molar-refractivity contribution < 1.29 is 9.72 Å². The number of nitro benzene ring substituents is 1. The minimum atomic E-state index is -0.645. The molecule has 102 valence electrons. The second kappa shape index (κ2) is 5.44. The van der Waals surface area contributed by atoms with Gasteiger partial charge in [-0.05, 0) is 18.9 Å². The van der Waals surface area contributed by atoms with Crippen molar-refractivity contribution in [2.45, 2.75) is 31.7 Å². The Kier molecular flexibility index (Phi) is 3.90. The van der Waals surface area contributed by atoms with Crippen molar-refractivity contribution in [3.63, 3.8) is 0 Å². The van der Waals surface area contributed by atoms with Crippen LogP contribution in [0.2, 0.25) is 5.02 Å². The molecule has 3 N–H and O–H groups in total. The van der Waals surface area contributed by atoms with Gasteiger partial charge >= 0.3 is 0 Å². The van der Waals surface area contributed by atoms with Crippen molar-refractivity contribution in [2.24, 2.45) is 0 Å². The van der Waals surface area contributed by atoms with E-state index in [0.29, 0.717) is 0 Å². The predicted octanol–water partition coefficient (Wildman–Crippen LogP) is 2.50. The number of nitrogens with one attached hydrogen (secondary N) is 1. The van der Waals surface area contributed by atoms with Crippen LogP contribution in [0, 0.1) is 10.1 Å². The zero-order chi connectivity index (χ0) is 14.0. The van der Waals surface area contributed by atoms with Crippen molar-refractivity contribution >= 4 is 28.9 Å². The van der Waals surface area contributed by atoms with Crippen molar-refractivity contribution in [1.82, 2.24) is 5.32 Å². The van der Waals surface area contributed by atoms with Gasteiger partial charge in [0, 0.05) is 17.7 Å². The van der Waals surface area contributed by atoms with Crippen LogP contribution in [0.25, 0.3) is 0 Å². The number of nitrogens with zero attached hydrogens (tertiary/aromatic N) is 1. The van der Waals surface area contributed by atoms with Gasteiger partial charge in [0.15, 0.2) is 0 Å². The average Bonchev–Trinajstić information content (AvgIpc) is 2.84. The maximum atomic E-state index is 12.0. The Bertz CT molecular complexity index is 527. The Morgan fingerprint density at radius 2 is 2.05 bits per heavy atom. The summed E-state index contributed by atoms with van der Waals surface area (Å²) in [7, 11) is 0. The number of hydrogen-bond donors (Lipinski definition) is 2. The lowest BCUT2D eigenvalue weighted by Gasteiger charge is -2.12. The molecule has 1 aliphatic rings.